The Labute approximate surface area is 167 Å². The van der Waals surface area contributed by atoms with Gasteiger partial charge in [0.2, 0.25) is 0 Å². The molecule has 2 unspecified atom stereocenters. The molecule has 0 aliphatic carbocycles. The summed E-state index contributed by atoms with van der Waals surface area (Å²) in [4.78, 5) is 12.6. The number of aliphatic hydroxyl groups is 1. The monoisotopic (exact) mass is 429 g/mol. The van der Waals surface area contributed by atoms with Gasteiger partial charge in [0.15, 0.2) is 0 Å². The summed E-state index contributed by atoms with van der Waals surface area (Å²) in [7, 11) is 2.37. The zero-order chi connectivity index (χ0) is 17.3. The molecule has 2 heterocycles. The lowest BCUT2D eigenvalue weighted by Crippen LogP contribution is -3.00. The van der Waals surface area contributed by atoms with Crippen molar-refractivity contribution >= 4 is 5.97 Å². The lowest BCUT2D eigenvalue weighted by Gasteiger charge is -2.49. The molecule has 0 radical (unpaired) electrons. The van der Waals surface area contributed by atoms with Crippen LogP contribution in [0.4, 0.5) is 0 Å². The molecular weight excluding hydrogens is 398 g/mol. The van der Waals surface area contributed by atoms with Crippen molar-refractivity contribution in [2.75, 3.05) is 13.7 Å². The predicted octanol–water partition coefficient (Wildman–Crippen LogP) is -0.967. The minimum Gasteiger partial charge on any atom is -1.00 e. The molecule has 5 atom stereocenters. The number of quaternary nitrogens is 1. The van der Waals surface area contributed by atoms with Gasteiger partial charge in [-0.15, -0.1) is 0 Å². The smallest absolute Gasteiger partial charge is 0.316 e. The van der Waals surface area contributed by atoms with Crippen LogP contribution in [0.2, 0.25) is 0 Å². The van der Waals surface area contributed by atoms with E-state index in [1.807, 2.05) is 30.3 Å². The van der Waals surface area contributed by atoms with Crippen LogP contribution in [0.5, 0.6) is 0 Å². The summed E-state index contributed by atoms with van der Waals surface area (Å²) in [6.45, 7) is 4.39. The highest BCUT2D eigenvalue weighted by molar-refractivity contribution is 5.78. The third-order valence-electron chi connectivity index (χ3n) is 6.54. The molecule has 5 nitrogen and oxygen atoms in total. The van der Waals surface area contributed by atoms with E-state index < -0.39 is 5.92 Å². The molecule has 3 N–H and O–H groups in total. The van der Waals surface area contributed by atoms with Crippen molar-refractivity contribution in [2.45, 2.75) is 69.7 Å². The summed E-state index contributed by atoms with van der Waals surface area (Å²) in [5.74, 6) is -0.856. The number of esters is 1. The standard InChI is InChI=1S/C20H30NO3.BrH.H2O/c1-14(2)21(3)16-9-10-17(21)12-18(11-16)24-20(23)19(13-22)15-7-5-4-6-8-15;;/h4-8,14,16-19,22H,9-13H2,1-3H3;1H;1H2/q+1;;/p-1/t16-,17+,18?,19-,21?;;/m0../s1. The first-order valence-electron chi connectivity index (χ1n) is 9.18. The molecule has 2 fully saturated rings. The average molecular weight is 430 g/mol. The summed E-state index contributed by atoms with van der Waals surface area (Å²) >= 11 is 0. The molecule has 0 saturated carbocycles. The van der Waals surface area contributed by atoms with Crippen molar-refractivity contribution in [3.63, 3.8) is 0 Å². The number of carbonyl (C=O) groups is 1. The minimum absolute atomic E-state index is 0. The summed E-state index contributed by atoms with van der Waals surface area (Å²) in [6.07, 6.45) is 4.36. The minimum atomic E-state index is -0.572. The van der Waals surface area contributed by atoms with Gasteiger partial charge in [-0.1, -0.05) is 30.3 Å². The normalized spacial score (nSPS) is 30.9. The Kier molecular flexibility index (Phi) is 8.27. The Balaban J connectivity index is 0.00000169. The van der Waals surface area contributed by atoms with Gasteiger partial charge in [0, 0.05) is 25.7 Å². The number of aliphatic hydroxyl groups excluding tert-OH is 1. The van der Waals surface area contributed by atoms with Gasteiger partial charge in [0.25, 0.3) is 0 Å². The van der Waals surface area contributed by atoms with Crippen molar-refractivity contribution in [1.29, 1.82) is 0 Å². The summed E-state index contributed by atoms with van der Waals surface area (Å²) < 4.78 is 6.96. The van der Waals surface area contributed by atoms with Gasteiger partial charge in [-0.05, 0) is 19.4 Å². The van der Waals surface area contributed by atoms with Crippen LogP contribution in [0.25, 0.3) is 0 Å². The maximum Gasteiger partial charge on any atom is 0.316 e. The van der Waals surface area contributed by atoms with E-state index in [-0.39, 0.29) is 41.1 Å². The van der Waals surface area contributed by atoms with Crippen molar-refractivity contribution in [2.24, 2.45) is 0 Å². The number of halogens is 1. The van der Waals surface area contributed by atoms with E-state index in [2.05, 4.69) is 20.9 Å². The number of carbonyl (C=O) groups excluding carboxylic acids is 1. The molecule has 2 aliphatic rings. The van der Waals surface area contributed by atoms with Crippen LogP contribution in [0.3, 0.4) is 0 Å². The van der Waals surface area contributed by atoms with E-state index in [0.29, 0.717) is 18.1 Å². The third-order valence-corrected chi connectivity index (χ3v) is 6.54. The molecule has 26 heavy (non-hydrogen) atoms. The van der Waals surface area contributed by atoms with Crippen LogP contribution in [0.1, 0.15) is 51.0 Å². The number of rotatable bonds is 5. The van der Waals surface area contributed by atoms with Gasteiger partial charge in [-0.2, -0.15) is 0 Å². The molecule has 0 aromatic heterocycles. The molecular formula is C20H32BrNO4. The van der Waals surface area contributed by atoms with Crippen LogP contribution < -0.4 is 17.0 Å². The number of hydrogen-bond acceptors (Lipinski definition) is 3. The van der Waals surface area contributed by atoms with Gasteiger partial charge in [-0.25, -0.2) is 0 Å². The van der Waals surface area contributed by atoms with Gasteiger partial charge >= 0.3 is 5.97 Å². The second-order valence-corrected chi connectivity index (χ2v) is 7.88. The van der Waals surface area contributed by atoms with Gasteiger partial charge in [0.1, 0.15) is 12.0 Å². The Hall–Kier alpha value is -0.950. The van der Waals surface area contributed by atoms with E-state index in [1.54, 1.807) is 0 Å². The maximum absolute atomic E-state index is 12.6. The van der Waals surface area contributed by atoms with Crippen LogP contribution in [0.15, 0.2) is 30.3 Å². The highest BCUT2D eigenvalue weighted by atomic mass is 79.9. The third kappa shape index (κ3) is 4.14. The van der Waals surface area contributed by atoms with Crippen LogP contribution in [0, 0.1) is 0 Å². The molecule has 2 bridgehead atoms. The fraction of sp³-hybridized carbons (Fsp3) is 0.650. The van der Waals surface area contributed by atoms with Crippen molar-refractivity contribution < 1.29 is 41.6 Å². The van der Waals surface area contributed by atoms with E-state index >= 15 is 0 Å². The summed E-state index contributed by atoms with van der Waals surface area (Å²) in [5.41, 5.74) is 0.826. The Bertz CT molecular complexity index is 566. The molecule has 3 rings (SSSR count). The first kappa shape index (κ1) is 23.1. The van der Waals surface area contributed by atoms with E-state index in [9.17, 15) is 9.90 Å². The number of benzene rings is 1. The molecule has 0 amide bonds. The molecule has 1 aromatic carbocycles. The van der Waals surface area contributed by atoms with Crippen molar-refractivity contribution in [3.05, 3.63) is 35.9 Å². The maximum atomic E-state index is 12.6. The van der Waals surface area contributed by atoms with E-state index in [0.717, 1.165) is 22.9 Å². The SMILES string of the molecule is CC(C)[N+]1(C)[C@@H]2CC[C@H]1CC(OC(=O)[C@@H](CO)c1ccccc1)C2.O.[Br-]. The largest absolute Gasteiger partial charge is 1.00 e. The second-order valence-electron chi connectivity index (χ2n) is 7.88. The fourth-order valence-electron chi connectivity index (χ4n) is 4.82. The molecule has 2 saturated heterocycles. The van der Waals surface area contributed by atoms with Crippen molar-refractivity contribution in [1.82, 2.24) is 0 Å². The molecule has 0 spiro atoms. The average Bonchev–Trinajstić information content (AvgIpc) is 2.74. The first-order chi connectivity index (χ1) is 11.5. The quantitative estimate of drug-likeness (QED) is 0.483. The Morgan fingerprint density at radius 1 is 1.19 bits per heavy atom. The lowest BCUT2D eigenvalue weighted by atomic mass is 9.94. The topological polar surface area (TPSA) is 78.0 Å². The van der Waals surface area contributed by atoms with Crippen LogP contribution in [-0.2, 0) is 9.53 Å². The van der Waals surface area contributed by atoms with Gasteiger partial charge in [0.05, 0.1) is 31.8 Å². The van der Waals surface area contributed by atoms with Gasteiger partial charge in [-0.3, -0.25) is 4.79 Å². The zero-order valence-corrected chi connectivity index (χ0v) is 17.5. The molecule has 148 valence electrons. The first-order valence-corrected chi connectivity index (χ1v) is 9.18. The fourth-order valence-corrected chi connectivity index (χ4v) is 4.82. The Morgan fingerprint density at radius 2 is 1.73 bits per heavy atom. The lowest BCUT2D eigenvalue weighted by molar-refractivity contribution is -0.968. The van der Waals surface area contributed by atoms with E-state index in [4.69, 9.17) is 4.74 Å². The predicted molar refractivity (Wildman–Crippen MR) is 97.1 cm³/mol. The van der Waals surface area contributed by atoms with Crippen LogP contribution >= 0.6 is 0 Å². The van der Waals surface area contributed by atoms with E-state index in [1.165, 1.54) is 12.8 Å². The number of piperidine rings is 1. The second kappa shape index (κ2) is 9.31. The number of nitrogens with zero attached hydrogens (tertiary/aromatic N) is 1. The highest BCUT2D eigenvalue weighted by Crippen LogP contribution is 2.44. The summed E-state index contributed by atoms with van der Waals surface area (Å²) in [6, 6.07) is 11.2. The van der Waals surface area contributed by atoms with Crippen LogP contribution in [-0.4, -0.2) is 58.9 Å². The summed E-state index contributed by atoms with van der Waals surface area (Å²) in [5, 5.41) is 9.65. The van der Waals surface area contributed by atoms with Gasteiger partial charge < -0.3 is 36.8 Å². The zero-order valence-electron chi connectivity index (χ0n) is 15.9. The number of hydrogen-bond donors (Lipinski definition) is 1. The van der Waals surface area contributed by atoms with Crippen molar-refractivity contribution in [3.8, 4) is 0 Å². The molecule has 1 aromatic rings. The highest BCUT2D eigenvalue weighted by Gasteiger charge is 2.53. The molecule has 6 heteroatoms. The number of ether oxygens (including phenoxy) is 1. The molecule has 2 aliphatic heterocycles. The number of fused-ring (bicyclic) bond motifs is 2. The Morgan fingerprint density at radius 3 is 2.19 bits per heavy atom.